The van der Waals surface area contributed by atoms with E-state index >= 15 is 0 Å². The fourth-order valence-corrected chi connectivity index (χ4v) is 1.92. The minimum absolute atomic E-state index is 0.113. The number of nitrogens with zero attached hydrogens (tertiary/aromatic N) is 1. The predicted octanol–water partition coefficient (Wildman–Crippen LogP) is 3.11. The van der Waals surface area contributed by atoms with Gasteiger partial charge in [0.05, 0.1) is 5.92 Å². The van der Waals surface area contributed by atoms with Gasteiger partial charge in [-0.2, -0.15) is 0 Å². The van der Waals surface area contributed by atoms with Crippen LogP contribution in [0.3, 0.4) is 0 Å². The lowest BCUT2D eigenvalue weighted by Crippen LogP contribution is -2.37. The molecule has 0 heterocycles. The lowest BCUT2D eigenvalue weighted by molar-refractivity contribution is -0.140. The molecule has 5 heteroatoms. The second kappa shape index (κ2) is 6.57. The normalized spacial score (nSPS) is 12.0. The minimum Gasteiger partial charge on any atom is -0.481 e. The van der Waals surface area contributed by atoms with Crippen molar-refractivity contribution in [2.24, 2.45) is 5.92 Å². The van der Waals surface area contributed by atoms with Crippen LogP contribution in [0.15, 0.2) is 18.2 Å². The maximum absolute atomic E-state index is 12.0. The average molecular weight is 284 g/mol. The molecule has 0 saturated carbocycles. The Bertz CT molecular complexity index is 488. The van der Waals surface area contributed by atoms with Gasteiger partial charge < -0.3 is 10.0 Å². The van der Waals surface area contributed by atoms with Crippen molar-refractivity contribution in [1.82, 2.24) is 0 Å². The van der Waals surface area contributed by atoms with E-state index in [1.165, 1.54) is 4.90 Å². The molecule has 0 aromatic heterocycles. The number of carboxylic acids is 1. The van der Waals surface area contributed by atoms with Crippen LogP contribution in [0.4, 0.5) is 5.69 Å². The van der Waals surface area contributed by atoms with E-state index < -0.39 is 11.9 Å². The highest BCUT2D eigenvalue weighted by molar-refractivity contribution is 6.31. The molecule has 0 fully saturated rings. The van der Waals surface area contributed by atoms with Crippen LogP contribution in [0.5, 0.6) is 0 Å². The molecule has 0 saturated heterocycles. The number of amides is 1. The third-order valence-electron chi connectivity index (χ3n) is 2.94. The molecule has 1 N–H and O–H groups in total. The fraction of sp³-hybridized carbons (Fsp3) is 0.429. The molecular weight excluding hydrogens is 266 g/mol. The van der Waals surface area contributed by atoms with E-state index in [-0.39, 0.29) is 12.5 Å². The van der Waals surface area contributed by atoms with Crippen LogP contribution >= 0.6 is 11.6 Å². The summed E-state index contributed by atoms with van der Waals surface area (Å²) >= 11 is 5.95. The Morgan fingerprint density at radius 1 is 1.42 bits per heavy atom. The number of hydrogen-bond acceptors (Lipinski definition) is 2. The Morgan fingerprint density at radius 2 is 2.05 bits per heavy atom. The van der Waals surface area contributed by atoms with Gasteiger partial charge in [0.25, 0.3) is 0 Å². The number of rotatable bonds is 5. The quantitative estimate of drug-likeness (QED) is 0.903. The summed E-state index contributed by atoms with van der Waals surface area (Å²) in [7, 11) is 0. The third-order valence-corrected chi connectivity index (χ3v) is 3.18. The topological polar surface area (TPSA) is 57.6 Å². The van der Waals surface area contributed by atoms with Crippen molar-refractivity contribution in [2.45, 2.75) is 27.2 Å². The molecule has 0 aliphatic heterocycles. The lowest BCUT2D eigenvalue weighted by atomic mass is 10.1. The van der Waals surface area contributed by atoms with Crippen LogP contribution in [-0.2, 0) is 9.59 Å². The molecule has 0 aliphatic carbocycles. The zero-order chi connectivity index (χ0) is 14.6. The van der Waals surface area contributed by atoms with Crippen LogP contribution in [0.25, 0.3) is 0 Å². The number of aliphatic carboxylic acids is 1. The van der Waals surface area contributed by atoms with Crippen molar-refractivity contribution in [2.75, 3.05) is 11.4 Å². The van der Waals surface area contributed by atoms with E-state index in [4.69, 9.17) is 16.7 Å². The molecule has 0 radical (unpaired) electrons. The van der Waals surface area contributed by atoms with E-state index in [2.05, 4.69) is 0 Å². The summed E-state index contributed by atoms with van der Waals surface area (Å²) in [6, 6.07) is 5.26. The molecule has 4 nitrogen and oxygen atoms in total. The highest BCUT2D eigenvalue weighted by atomic mass is 35.5. The van der Waals surface area contributed by atoms with Crippen molar-refractivity contribution in [1.29, 1.82) is 0 Å². The van der Waals surface area contributed by atoms with Gasteiger partial charge in [0, 0.05) is 23.7 Å². The van der Waals surface area contributed by atoms with Gasteiger partial charge in [0.1, 0.15) is 0 Å². The maximum atomic E-state index is 12.0. The van der Waals surface area contributed by atoms with Gasteiger partial charge in [-0.3, -0.25) is 9.59 Å². The van der Waals surface area contributed by atoms with Crippen molar-refractivity contribution < 1.29 is 14.7 Å². The molecule has 1 aromatic carbocycles. The first kappa shape index (κ1) is 15.5. The third kappa shape index (κ3) is 3.96. The summed E-state index contributed by atoms with van der Waals surface area (Å²) in [6.07, 6.45) is 0.318. The van der Waals surface area contributed by atoms with Crippen LogP contribution in [0.2, 0.25) is 5.02 Å². The number of carbonyl (C=O) groups is 2. The second-order valence-electron chi connectivity index (χ2n) is 4.53. The molecule has 19 heavy (non-hydrogen) atoms. The Kier molecular flexibility index (Phi) is 5.36. The SMILES string of the molecule is CCC(=O)N(CC(C)C(=O)O)c1cc(Cl)ccc1C. The number of halogens is 1. The van der Waals surface area contributed by atoms with E-state index in [1.54, 1.807) is 26.0 Å². The first-order valence-electron chi connectivity index (χ1n) is 6.16. The Hall–Kier alpha value is -1.55. The van der Waals surface area contributed by atoms with Crippen LogP contribution in [0.1, 0.15) is 25.8 Å². The summed E-state index contributed by atoms with van der Waals surface area (Å²) < 4.78 is 0. The van der Waals surface area contributed by atoms with E-state index in [1.807, 2.05) is 13.0 Å². The first-order valence-corrected chi connectivity index (χ1v) is 6.54. The Labute approximate surface area is 118 Å². The maximum Gasteiger partial charge on any atom is 0.308 e. The molecule has 104 valence electrons. The summed E-state index contributed by atoms with van der Waals surface area (Å²) in [4.78, 5) is 24.5. The molecule has 1 atom stereocenters. The molecule has 0 spiro atoms. The first-order chi connectivity index (χ1) is 8.86. The van der Waals surface area contributed by atoms with Crippen molar-refractivity contribution in [3.63, 3.8) is 0 Å². The molecule has 1 unspecified atom stereocenters. The highest BCUT2D eigenvalue weighted by Crippen LogP contribution is 2.25. The van der Waals surface area contributed by atoms with Gasteiger partial charge in [-0.25, -0.2) is 0 Å². The van der Waals surface area contributed by atoms with E-state index in [0.29, 0.717) is 17.1 Å². The average Bonchev–Trinajstić information content (AvgIpc) is 2.37. The van der Waals surface area contributed by atoms with Crippen molar-refractivity contribution in [3.8, 4) is 0 Å². The summed E-state index contributed by atoms with van der Waals surface area (Å²) in [5.41, 5.74) is 1.57. The van der Waals surface area contributed by atoms with Gasteiger partial charge >= 0.3 is 5.97 Å². The lowest BCUT2D eigenvalue weighted by Gasteiger charge is -2.26. The van der Waals surface area contributed by atoms with Crippen LogP contribution in [-0.4, -0.2) is 23.5 Å². The molecule has 0 bridgehead atoms. The second-order valence-corrected chi connectivity index (χ2v) is 4.96. The number of hydrogen-bond donors (Lipinski definition) is 1. The molecular formula is C14H18ClNO3. The van der Waals surface area contributed by atoms with Gasteiger partial charge in [-0.1, -0.05) is 31.5 Å². The number of anilines is 1. The smallest absolute Gasteiger partial charge is 0.308 e. The largest absolute Gasteiger partial charge is 0.481 e. The summed E-state index contributed by atoms with van der Waals surface area (Å²) in [5, 5.41) is 9.52. The predicted molar refractivity (Wildman–Crippen MR) is 75.6 cm³/mol. The van der Waals surface area contributed by atoms with E-state index in [9.17, 15) is 9.59 Å². The monoisotopic (exact) mass is 283 g/mol. The number of carbonyl (C=O) groups excluding carboxylic acids is 1. The fourth-order valence-electron chi connectivity index (χ4n) is 1.75. The van der Waals surface area contributed by atoms with Gasteiger partial charge in [-0.05, 0) is 24.6 Å². The number of benzene rings is 1. The minimum atomic E-state index is -0.923. The summed E-state index contributed by atoms with van der Waals surface area (Å²) in [5.74, 6) is -1.67. The van der Waals surface area contributed by atoms with Crippen molar-refractivity contribution in [3.05, 3.63) is 28.8 Å². The van der Waals surface area contributed by atoms with Gasteiger partial charge in [-0.15, -0.1) is 0 Å². The molecule has 1 amide bonds. The van der Waals surface area contributed by atoms with Crippen LogP contribution < -0.4 is 4.90 Å². The van der Waals surface area contributed by atoms with Crippen molar-refractivity contribution >= 4 is 29.2 Å². The standard InChI is InChI=1S/C14H18ClNO3/c1-4-13(17)16(8-10(3)14(18)19)12-7-11(15)6-5-9(12)2/h5-7,10H,4,8H2,1-3H3,(H,18,19). The van der Waals surface area contributed by atoms with Crippen LogP contribution in [0, 0.1) is 12.8 Å². The summed E-state index contributed by atoms with van der Waals surface area (Å²) in [6.45, 7) is 5.34. The van der Waals surface area contributed by atoms with Gasteiger partial charge in [0.15, 0.2) is 0 Å². The Balaban J connectivity index is 3.13. The molecule has 1 rings (SSSR count). The molecule has 1 aromatic rings. The number of carboxylic acid groups (broad SMARTS) is 1. The zero-order valence-electron chi connectivity index (χ0n) is 11.3. The zero-order valence-corrected chi connectivity index (χ0v) is 12.1. The number of aryl methyl sites for hydroxylation is 1. The van der Waals surface area contributed by atoms with E-state index in [0.717, 1.165) is 5.56 Å². The highest BCUT2D eigenvalue weighted by Gasteiger charge is 2.22. The van der Waals surface area contributed by atoms with Gasteiger partial charge in [0.2, 0.25) is 5.91 Å². The molecule has 0 aliphatic rings. The Morgan fingerprint density at radius 3 is 2.58 bits per heavy atom.